The molecular formula is C18H19N3O4. The van der Waals surface area contributed by atoms with E-state index >= 15 is 0 Å². The molecule has 0 unspecified atom stereocenters. The number of rotatable bonds is 5. The maximum atomic E-state index is 12.7. The molecule has 3 rings (SSSR count). The van der Waals surface area contributed by atoms with Crippen molar-refractivity contribution >= 4 is 28.9 Å². The van der Waals surface area contributed by atoms with Crippen LogP contribution in [-0.4, -0.2) is 34.4 Å². The Labute approximate surface area is 144 Å². The number of nitrogens with zero attached hydrogens (tertiary/aromatic N) is 1. The third-order valence-corrected chi connectivity index (χ3v) is 3.56. The minimum Gasteiger partial charge on any atom is -0.462 e. The number of aromatic nitrogens is 2. The second kappa shape index (κ2) is 6.80. The predicted molar refractivity (Wildman–Crippen MR) is 92.1 cm³/mol. The number of carbonyl (C=O) groups excluding carboxylic acids is 2. The van der Waals surface area contributed by atoms with E-state index in [1.54, 1.807) is 25.4 Å². The fraction of sp³-hybridized carbons (Fsp3) is 0.278. The van der Waals surface area contributed by atoms with Gasteiger partial charge in [0.15, 0.2) is 11.3 Å². The van der Waals surface area contributed by atoms with Crippen molar-refractivity contribution in [3.05, 3.63) is 47.3 Å². The summed E-state index contributed by atoms with van der Waals surface area (Å²) in [6, 6.07) is 3.69. The minimum atomic E-state index is -0.695. The van der Waals surface area contributed by atoms with Crippen molar-refractivity contribution in [1.82, 2.24) is 15.3 Å². The van der Waals surface area contributed by atoms with Gasteiger partial charge in [-0.05, 0) is 39.0 Å². The number of Topliss-reactive ketones (excluding diaryl/α,β-unsaturated/α-hetero) is 1. The van der Waals surface area contributed by atoms with Gasteiger partial charge in [0.1, 0.15) is 5.65 Å². The highest BCUT2D eigenvalue weighted by molar-refractivity contribution is 6.26. The molecule has 1 aliphatic rings. The SMILES string of the molecule is CCOC(=O)C1=C(NC(C)C)OC(=Cc2c[nH]c3ncccc23)C1=O. The molecule has 0 fully saturated rings. The Kier molecular flexibility index (Phi) is 4.56. The summed E-state index contributed by atoms with van der Waals surface area (Å²) in [4.78, 5) is 32.0. The fourth-order valence-electron chi connectivity index (χ4n) is 2.52. The third kappa shape index (κ3) is 3.26. The van der Waals surface area contributed by atoms with Crippen LogP contribution in [0.25, 0.3) is 17.1 Å². The van der Waals surface area contributed by atoms with Crippen LogP contribution in [0, 0.1) is 0 Å². The molecule has 2 N–H and O–H groups in total. The summed E-state index contributed by atoms with van der Waals surface area (Å²) in [5.41, 5.74) is 1.35. The van der Waals surface area contributed by atoms with E-state index in [-0.39, 0.29) is 29.9 Å². The van der Waals surface area contributed by atoms with E-state index < -0.39 is 11.8 Å². The number of esters is 1. The highest BCUT2D eigenvalue weighted by atomic mass is 16.5. The maximum absolute atomic E-state index is 12.7. The summed E-state index contributed by atoms with van der Waals surface area (Å²) in [5.74, 6) is -1.00. The van der Waals surface area contributed by atoms with Crippen molar-refractivity contribution in [2.24, 2.45) is 0 Å². The molecule has 130 valence electrons. The molecule has 0 radical (unpaired) electrons. The Morgan fingerprint density at radius 1 is 1.48 bits per heavy atom. The van der Waals surface area contributed by atoms with Crippen molar-refractivity contribution in [2.75, 3.05) is 6.61 Å². The van der Waals surface area contributed by atoms with Gasteiger partial charge in [-0.25, -0.2) is 9.78 Å². The number of allylic oxidation sites excluding steroid dienone is 1. The smallest absolute Gasteiger partial charge is 0.347 e. The first kappa shape index (κ1) is 16.8. The fourth-order valence-corrected chi connectivity index (χ4v) is 2.52. The minimum absolute atomic E-state index is 0.0103. The zero-order valence-corrected chi connectivity index (χ0v) is 14.3. The summed E-state index contributed by atoms with van der Waals surface area (Å²) >= 11 is 0. The van der Waals surface area contributed by atoms with Crippen LogP contribution >= 0.6 is 0 Å². The molecule has 7 heteroatoms. The largest absolute Gasteiger partial charge is 0.462 e. The first-order valence-electron chi connectivity index (χ1n) is 8.05. The molecule has 0 aliphatic carbocycles. The summed E-state index contributed by atoms with van der Waals surface area (Å²) < 4.78 is 10.6. The van der Waals surface area contributed by atoms with Crippen molar-refractivity contribution in [3.63, 3.8) is 0 Å². The van der Waals surface area contributed by atoms with Gasteiger partial charge in [0.05, 0.1) is 6.61 Å². The lowest BCUT2D eigenvalue weighted by Gasteiger charge is -2.11. The van der Waals surface area contributed by atoms with E-state index in [1.807, 2.05) is 26.0 Å². The Morgan fingerprint density at radius 2 is 2.28 bits per heavy atom. The monoisotopic (exact) mass is 341 g/mol. The van der Waals surface area contributed by atoms with Crippen LogP contribution < -0.4 is 5.32 Å². The molecule has 2 aromatic heterocycles. The van der Waals surface area contributed by atoms with Crippen LogP contribution in [0.5, 0.6) is 0 Å². The van der Waals surface area contributed by atoms with E-state index in [0.29, 0.717) is 5.65 Å². The normalized spacial score (nSPS) is 16.0. The van der Waals surface area contributed by atoms with Gasteiger partial charge in [0.25, 0.3) is 0 Å². The molecular weight excluding hydrogens is 322 g/mol. The standard InChI is InChI=1S/C18H19N3O4/c1-4-24-18(23)14-15(22)13(25-17(14)21-10(2)3)8-11-9-20-16-12(11)6-5-7-19-16/h5-10,21H,4H2,1-3H3,(H,19,20). The summed E-state index contributed by atoms with van der Waals surface area (Å²) in [6.07, 6.45) is 5.01. The first-order chi connectivity index (χ1) is 12.0. The Hall–Kier alpha value is -3.09. The quantitative estimate of drug-likeness (QED) is 0.492. The van der Waals surface area contributed by atoms with E-state index in [0.717, 1.165) is 10.9 Å². The molecule has 25 heavy (non-hydrogen) atoms. The molecule has 0 bridgehead atoms. The van der Waals surface area contributed by atoms with E-state index in [2.05, 4.69) is 15.3 Å². The van der Waals surface area contributed by atoms with Gasteiger partial charge >= 0.3 is 5.97 Å². The van der Waals surface area contributed by atoms with Crippen molar-refractivity contribution in [3.8, 4) is 0 Å². The lowest BCUT2D eigenvalue weighted by atomic mass is 10.1. The first-order valence-corrected chi connectivity index (χ1v) is 8.05. The summed E-state index contributed by atoms with van der Waals surface area (Å²) in [6.45, 7) is 5.63. The number of fused-ring (bicyclic) bond motifs is 1. The molecule has 0 aromatic carbocycles. The molecule has 0 spiro atoms. The van der Waals surface area contributed by atoms with Crippen LogP contribution in [0.15, 0.2) is 41.7 Å². The average Bonchev–Trinajstić information content (AvgIpc) is 3.10. The summed E-state index contributed by atoms with van der Waals surface area (Å²) in [5, 5.41) is 3.84. The van der Waals surface area contributed by atoms with Gasteiger partial charge in [-0.15, -0.1) is 0 Å². The van der Waals surface area contributed by atoms with Crippen molar-refractivity contribution < 1.29 is 19.1 Å². The van der Waals surface area contributed by atoms with E-state index in [9.17, 15) is 9.59 Å². The van der Waals surface area contributed by atoms with Gasteiger partial charge in [-0.2, -0.15) is 0 Å². The van der Waals surface area contributed by atoms with Crippen LogP contribution in [0.3, 0.4) is 0 Å². The highest BCUT2D eigenvalue weighted by Crippen LogP contribution is 2.28. The van der Waals surface area contributed by atoms with Crippen LogP contribution in [0.1, 0.15) is 26.3 Å². The zero-order chi connectivity index (χ0) is 18.0. The molecule has 7 nitrogen and oxygen atoms in total. The number of aromatic amines is 1. The zero-order valence-electron chi connectivity index (χ0n) is 14.3. The number of hydrogen-bond donors (Lipinski definition) is 2. The lowest BCUT2D eigenvalue weighted by molar-refractivity contribution is -0.139. The van der Waals surface area contributed by atoms with E-state index in [4.69, 9.17) is 9.47 Å². The van der Waals surface area contributed by atoms with Crippen LogP contribution in [-0.2, 0) is 19.1 Å². The van der Waals surface area contributed by atoms with Gasteiger partial charge in [0, 0.05) is 29.4 Å². The van der Waals surface area contributed by atoms with Crippen molar-refractivity contribution in [1.29, 1.82) is 0 Å². The van der Waals surface area contributed by atoms with E-state index in [1.165, 1.54) is 0 Å². The Bertz CT molecular complexity index is 893. The van der Waals surface area contributed by atoms with Gasteiger partial charge in [-0.3, -0.25) is 4.79 Å². The number of ether oxygens (including phenoxy) is 2. The lowest BCUT2D eigenvalue weighted by Crippen LogP contribution is -2.25. The molecule has 2 aromatic rings. The van der Waals surface area contributed by atoms with Gasteiger partial charge in [-0.1, -0.05) is 0 Å². The molecule has 0 atom stereocenters. The number of pyridine rings is 1. The second-order valence-electron chi connectivity index (χ2n) is 5.81. The van der Waals surface area contributed by atoms with Crippen molar-refractivity contribution in [2.45, 2.75) is 26.8 Å². The maximum Gasteiger partial charge on any atom is 0.347 e. The topological polar surface area (TPSA) is 93.3 Å². The van der Waals surface area contributed by atoms with Gasteiger partial charge in [0.2, 0.25) is 11.7 Å². The molecule has 3 heterocycles. The number of carbonyl (C=O) groups is 2. The number of ketones is 1. The average molecular weight is 341 g/mol. The predicted octanol–water partition coefficient (Wildman–Crippen LogP) is 2.28. The molecule has 0 saturated carbocycles. The number of hydrogen-bond acceptors (Lipinski definition) is 6. The third-order valence-electron chi connectivity index (χ3n) is 3.56. The molecule has 0 amide bonds. The molecule has 0 saturated heterocycles. The van der Waals surface area contributed by atoms with Crippen LogP contribution in [0.4, 0.5) is 0 Å². The number of H-pyrrole nitrogens is 1. The van der Waals surface area contributed by atoms with Crippen LogP contribution in [0.2, 0.25) is 0 Å². The Morgan fingerprint density at radius 3 is 3.00 bits per heavy atom. The number of nitrogens with one attached hydrogen (secondary N) is 2. The second-order valence-corrected chi connectivity index (χ2v) is 5.81. The molecule has 1 aliphatic heterocycles. The van der Waals surface area contributed by atoms with Gasteiger partial charge < -0.3 is 19.8 Å². The summed E-state index contributed by atoms with van der Waals surface area (Å²) in [7, 11) is 0. The Balaban J connectivity index is 1.97. The highest BCUT2D eigenvalue weighted by Gasteiger charge is 2.37.